The van der Waals surface area contributed by atoms with Crippen LogP contribution in [0, 0.1) is 11.3 Å². The number of nitriles is 1. The lowest BCUT2D eigenvalue weighted by atomic mass is 9.87. The van der Waals surface area contributed by atoms with Crippen molar-refractivity contribution in [2.45, 2.75) is 5.92 Å². The number of aromatic nitrogens is 1. The maximum atomic E-state index is 9.56. The molecule has 0 spiro atoms. The van der Waals surface area contributed by atoms with Gasteiger partial charge in [-0.2, -0.15) is 5.26 Å². The number of nitrogens with two attached hydrogens (primary N) is 1. The number of benzene rings is 2. The highest BCUT2D eigenvalue weighted by atomic mass is 16.4. The molecule has 5 heteroatoms. The minimum absolute atomic E-state index is 0.301. The summed E-state index contributed by atoms with van der Waals surface area (Å²) < 4.78 is 5.86. The lowest BCUT2D eigenvalue weighted by molar-refractivity contribution is 0.585. The highest BCUT2D eigenvalue weighted by molar-refractivity contribution is 5.65. The van der Waals surface area contributed by atoms with Gasteiger partial charge < -0.3 is 15.5 Å². The predicted octanol–water partition coefficient (Wildman–Crippen LogP) is 3.59. The minimum atomic E-state index is -0.339. The Labute approximate surface area is 139 Å². The summed E-state index contributed by atoms with van der Waals surface area (Å²) in [5.41, 5.74) is 8.98. The summed E-state index contributed by atoms with van der Waals surface area (Å²) in [4.78, 5) is 4.64. The molecule has 1 unspecified atom stereocenters. The summed E-state index contributed by atoms with van der Waals surface area (Å²) in [6, 6.07) is 21.6. The van der Waals surface area contributed by atoms with Crippen LogP contribution in [0.3, 0.4) is 0 Å². The van der Waals surface area contributed by atoms with Crippen molar-refractivity contribution >= 4 is 5.88 Å². The first-order valence-electron chi connectivity index (χ1n) is 7.56. The second-order valence-electron chi connectivity index (χ2n) is 5.51. The Morgan fingerprint density at radius 3 is 2.38 bits per heavy atom. The van der Waals surface area contributed by atoms with E-state index in [1.165, 1.54) is 0 Å². The van der Waals surface area contributed by atoms with Crippen molar-refractivity contribution in [3.8, 4) is 17.5 Å². The first kappa shape index (κ1) is 14.1. The van der Waals surface area contributed by atoms with E-state index in [2.05, 4.69) is 16.4 Å². The molecule has 0 saturated carbocycles. The number of nitrogens with zero attached hydrogens (tertiary/aromatic N) is 2. The number of hydrogen-bond acceptors (Lipinski definition) is 5. The third-order valence-electron chi connectivity index (χ3n) is 4.03. The molecule has 0 fully saturated rings. The number of nitrogens with one attached hydrogen (secondary N) is 1. The third kappa shape index (κ3) is 2.22. The van der Waals surface area contributed by atoms with Gasteiger partial charge in [0.05, 0.1) is 17.6 Å². The van der Waals surface area contributed by atoms with Crippen molar-refractivity contribution in [3.05, 3.63) is 83.3 Å². The molecule has 0 bridgehead atoms. The number of allylic oxidation sites excluding steroid dienone is 1. The normalized spacial score (nSPS) is 16.2. The second kappa shape index (κ2) is 5.60. The zero-order valence-electron chi connectivity index (χ0n) is 12.7. The topological polar surface area (TPSA) is 87.9 Å². The Balaban J connectivity index is 1.88. The summed E-state index contributed by atoms with van der Waals surface area (Å²) in [5, 5.41) is 12.5. The molecule has 1 aromatic heterocycles. The number of rotatable bonds is 2. The minimum Gasteiger partial charge on any atom is -0.420 e. The fraction of sp³-hybridized carbons (Fsp3) is 0.0526. The van der Waals surface area contributed by atoms with Crippen LogP contribution in [0.5, 0.6) is 0 Å². The Bertz CT molecular complexity index is 952. The molecular weight excluding hydrogens is 300 g/mol. The van der Waals surface area contributed by atoms with Crippen molar-refractivity contribution in [3.63, 3.8) is 0 Å². The Hall–Kier alpha value is -3.52. The molecule has 2 aromatic carbocycles. The van der Waals surface area contributed by atoms with E-state index in [-0.39, 0.29) is 5.92 Å². The lowest BCUT2D eigenvalue weighted by Gasteiger charge is -2.22. The van der Waals surface area contributed by atoms with Crippen LogP contribution in [0.2, 0.25) is 0 Å². The average Bonchev–Trinajstić information content (AvgIpc) is 3.05. The van der Waals surface area contributed by atoms with Gasteiger partial charge in [0.15, 0.2) is 0 Å². The van der Waals surface area contributed by atoms with E-state index in [1.54, 1.807) is 0 Å². The Morgan fingerprint density at radius 2 is 1.71 bits per heavy atom. The molecule has 4 rings (SSSR count). The molecule has 5 nitrogen and oxygen atoms in total. The fourth-order valence-electron chi connectivity index (χ4n) is 2.90. The van der Waals surface area contributed by atoms with Gasteiger partial charge in [-0.1, -0.05) is 48.5 Å². The van der Waals surface area contributed by atoms with Crippen LogP contribution >= 0.6 is 0 Å². The highest BCUT2D eigenvalue weighted by Gasteiger charge is 2.33. The first-order valence-corrected chi connectivity index (χ1v) is 7.56. The SMILES string of the molecule is N#CC1=C(N)Nc2oc(-c3ccccc3)nc2C1c1ccccc1. The highest BCUT2D eigenvalue weighted by Crippen LogP contribution is 2.41. The number of fused-ring (bicyclic) bond motifs is 1. The van der Waals surface area contributed by atoms with Crippen LogP contribution in [0.4, 0.5) is 5.88 Å². The molecule has 24 heavy (non-hydrogen) atoms. The predicted molar refractivity (Wildman–Crippen MR) is 90.7 cm³/mol. The fourth-order valence-corrected chi connectivity index (χ4v) is 2.90. The quantitative estimate of drug-likeness (QED) is 0.754. The van der Waals surface area contributed by atoms with Crippen molar-refractivity contribution < 1.29 is 4.42 Å². The largest absolute Gasteiger partial charge is 0.420 e. The summed E-state index contributed by atoms with van der Waals surface area (Å²) in [6.07, 6.45) is 0. The molecule has 0 aliphatic carbocycles. The number of hydrogen-bond donors (Lipinski definition) is 2. The van der Waals surface area contributed by atoms with Crippen molar-refractivity contribution in [2.75, 3.05) is 5.32 Å². The summed E-state index contributed by atoms with van der Waals surface area (Å²) in [7, 11) is 0. The molecule has 3 aromatic rings. The van der Waals surface area contributed by atoms with Crippen molar-refractivity contribution in [1.82, 2.24) is 4.98 Å². The van der Waals surface area contributed by atoms with Crippen LogP contribution in [0.25, 0.3) is 11.5 Å². The van der Waals surface area contributed by atoms with E-state index in [1.807, 2.05) is 60.7 Å². The van der Waals surface area contributed by atoms with Gasteiger partial charge in [-0.05, 0) is 17.7 Å². The molecule has 0 amide bonds. The van der Waals surface area contributed by atoms with E-state index in [0.717, 1.165) is 11.1 Å². The van der Waals surface area contributed by atoms with Crippen LogP contribution in [-0.2, 0) is 0 Å². The van der Waals surface area contributed by atoms with Gasteiger partial charge in [-0.3, -0.25) is 0 Å². The van der Waals surface area contributed by atoms with Crippen molar-refractivity contribution in [1.29, 1.82) is 5.26 Å². The second-order valence-corrected chi connectivity index (χ2v) is 5.51. The molecule has 0 saturated heterocycles. The molecule has 2 heterocycles. The molecule has 1 atom stereocenters. The van der Waals surface area contributed by atoms with E-state index in [0.29, 0.717) is 28.9 Å². The van der Waals surface area contributed by atoms with E-state index < -0.39 is 0 Å². The standard InChI is InChI=1S/C19H14N4O/c20-11-14-15(12-7-3-1-4-8-12)16-19(23-17(14)21)24-18(22-16)13-9-5-2-6-10-13/h1-10,15,23H,21H2. The van der Waals surface area contributed by atoms with E-state index in [4.69, 9.17) is 10.2 Å². The summed E-state index contributed by atoms with van der Waals surface area (Å²) in [5.74, 6) is 0.948. The van der Waals surface area contributed by atoms with Gasteiger partial charge in [0.25, 0.3) is 0 Å². The van der Waals surface area contributed by atoms with Crippen LogP contribution < -0.4 is 11.1 Å². The maximum Gasteiger partial charge on any atom is 0.229 e. The smallest absolute Gasteiger partial charge is 0.229 e. The number of anilines is 1. The molecule has 3 N–H and O–H groups in total. The Kier molecular flexibility index (Phi) is 3.29. The molecule has 1 aliphatic rings. The van der Waals surface area contributed by atoms with Gasteiger partial charge in [0.1, 0.15) is 11.5 Å². The van der Waals surface area contributed by atoms with Gasteiger partial charge in [-0.15, -0.1) is 0 Å². The van der Waals surface area contributed by atoms with Crippen LogP contribution in [0.15, 0.2) is 76.5 Å². The molecule has 0 radical (unpaired) electrons. The summed E-state index contributed by atoms with van der Waals surface area (Å²) >= 11 is 0. The third-order valence-corrected chi connectivity index (χ3v) is 4.03. The molecule has 1 aliphatic heterocycles. The zero-order chi connectivity index (χ0) is 16.5. The monoisotopic (exact) mass is 314 g/mol. The van der Waals surface area contributed by atoms with Gasteiger partial charge in [0, 0.05) is 5.56 Å². The maximum absolute atomic E-state index is 9.56. The number of oxazole rings is 1. The van der Waals surface area contributed by atoms with E-state index >= 15 is 0 Å². The molecule has 116 valence electrons. The lowest BCUT2D eigenvalue weighted by Crippen LogP contribution is -2.22. The van der Waals surface area contributed by atoms with Gasteiger partial charge >= 0.3 is 0 Å². The van der Waals surface area contributed by atoms with Gasteiger partial charge in [-0.25, -0.2) is 4.98 Å². The van der Waals surface area contributed by atoms with Crippen molar-refractivity contribution in [2.24, 2.45) is 5.73 Å². The average molecular weight is 314 g/mol. The zero-order valence-corrected chi connectivity index (χ0v) is 12.7. The van der Waals surface area contributed by atoms with Crippen LogP contribution in [-0.4, -0.2) is 4.98 Å². The molecular formula is C19H14N4O. The van der Waals surface area contributed by atoms with Gasteiger partial charge in [0.2, 0.25) is 11.8 Å². The first-order chi connectivity index (χ1) is 11.8. The Morgan fingerprint density at radius 1 is 1.04 bits per heavy atom. The van der Waals surface area contributed by atoms with Crippen LogP contribution in [0.1, 0.15) is 17.2 Å². The van der Waals surface area contributed by atoms with E-state index in [9.17, 15) is 5.26 Å². The summed E-state index contributed by atoms with van der Waals surface area (Å²) in [6.45, 7) is 0.